The maximum atomic E-state index is 14.3. The number of nitrogens with zero attached hydrogens (tertiary/aromatic N) is 2. The first-order valence-electron chi connectivity index (χ1n) is 11.3. The molecule has 0 spiro atoms. The van der Waals surface area contributed by atoms with Crippen molar-refractivity contribution >= 4 is 16.9 Å². The Labute approximate surface area is 175 Å². The molecular formula is C24H29FN2O3. The van der Waals surface area contributed by atoms with Gasteiger partial charge in [-0.2, -0.15) is 0 Å². The standard InChI is InChI=1S/C24H29FN2O3/c1-15-6-8-26(9-7-15)10-11-30-24(29)20-14-27-21-5-3-2-4-17(21)18-12-16(25)13-19(22(18)27)23(20)28/h12-15,17,21H,2-11H2,1H3. The third-order valence-electron chi connectivity index (χ3n) is 7.34. The van der Waals surface area contributed by atoms with Crippen molar-refractivity contribution in [3.05, 3.63) is 45.5 Å². The highest BCUT2D eigenvalue weighted by Gasteiger charge is 2.37. The summed E-state index contributed by atoms with van der Waals surface area (Å²) < 4.78 is 21.9. The zero-order chi connectivity index (χ0) is 20.8. The van der Waals surface area contributed by atoms with Gasteiger partial charge in [-0.3, -0.25) is 9.69 Å². The summed E-state index contributed by atoms with van der Waals surface area (Å²) in [5, 5.41) is 0.305. The molecule has 0 radical (unpaired) electrons. The molecule has 0 amide bonds. The van der Waals surface area contributed by atoms with E-state index in [1.54, 1.807) is 12.3 Å². The number of aromatic nitrogens is 1. The lowest BCUT2D eigenvalue weighted by molar-refractivity contribution is 0.0440. The summed E-state index contributed by atoms with van der Waals surface area (Å²) in [4.78, 5) is 28.2. The number of halogens is 1. The fourth-order valence-corrected chi connectivity index (χ4v) is 5.62. The van der Waals surface area contributed by atoms with Gasteiger partial charge in [0.25, 0.3) is 0 Å². The molecule has 1 aliphatic carbocycles. The van der Waals surface area contributed by atoms with Gasteiger partial charge in [0, 0.05) is 30.1 Å². The van der Waals surface area contributed by atoms with Gasteiger partial charge in [0.1, 0.15) is 18.0 Å². The first kappa shape index (κ1) is 19.7. The average Bonchev–Trinajstić information content (AvgIpc) is 3.06. The minimum Gasteiger partial charge on any atom is -0.461 e. The minimum absolute atomic E-state index is 0.0255. The fourth-order valence-electron chi connectivity index (χ4n) is 5.62. The quantitative estimate of drug-likeness (QED) is 0.705. The Balaban J connectivity index is 1.40. The van der Waals surface area contributed by atoms with E-state index in [0.29, 0.717) is 11.9 Å². The van der Waals surface area contributed by atoms with Crippen molar-refractivity contribution in [1.82, 2.24) is 9.47 Å². The second kappa shape index (κ2) is 7.80. The topological polar surface area (TPSA) is 51.5 Å². The molecule has 2 aromatic rings. The molecule has 3 heterocycles. The van der Waals surface area contributed by atoms with E-state index in [1.165, 1.54) is 18.9 Å². The van der Waals surface area contributed by atoms with E-state index in [1.807, 2.05) is 0 Å². The summed E-state index contributed by atoms with van der Waals surface area (Å²) in [6, 6.07) is 3.05. The van der Waals surface area contributed by atoms with Gasteiger partial charge in [0.05, 0.1) is 5.52 Å². The molecule has 1 aromatic heterocycles. The number of benzene rings is 1. The van der Waals surface area contributed by atoms with Crippen LogP contribution in [0, 0.1) is 11.7 Å². The Morgan fingerprint density at radius 3 is 2.73 bits per heavy atom. The second-order valence-corrected chi connectivity index (χ2v) is 9.29. The smallest absolute Gasteiger partial charge is 0.343 e. The molecule has 0 bridgehead atoms. The monoisotopic (exact) mass is 412 g/mol. The number of carbonyl (C=O) groups is 1. The number of rotatable bonds is 4. The number of hydrogen-bond donors (Lipinski definition) is 0. The van der Waals surface area contributed by atoms with Crippen LogP contribution in [0.4, 0.5) is 4.39 Å². The van der Waals surface area contributed by atoms with Crippen molar-refractivity contribution in [2.45, 2.75) is 57.4 Å². The summed E-state index contributed by atoms with van der Waals surface area (Å²) in [5.41, 5.74) is 1.33. The molecule has 6 heteroatoms. The van der Waals surface area contributed by atoms with Crippen molar-refractivity contribution in [2.24, 2.45) is 5.92 Å². The predicted octanol–water partition coefficient (Wildman–Crippen LogP) is 4.24. The highest BCUT2D eigenvalue weighted by Crippen LogP contribution is 2.49. The lowest BCUT2D eigenvalue weighted by Crippen LogP contribution is -2.35. The summed E-state index contributed by atoms with van der Waals surface area (Å²) in [6.07, 6.45) is 8.21. The van der Waals surface area contributed by atoms with Gasteiger partial charge in [-0.05, 0) is 62.4 Å². The molecule has 1 saturated carbocycles. The number of esters is 1. The van der Waals surface area contributed by atoms with Crippen LogP contribution in [0.15, 0.2) is 23.1 Å². The third-order valence-corrected chi connectivity index (χ3v) is 7.34. The molecule has 2 unspecified atom stereocenters. The van der Waals surface area contributed by atoms with Gasteiger partial charge < -0.3 is 9.30 Å². The molecule has 2 aliphatic heterocycles. The van der Waals surface area contributed by atoms with Crippen molar-refractivity contribution in [3.63, 3.8) is 0 Å². The van der Waals surface area contributed by atoms with Gasteiger partial charge in [-0.15, -0.1) is 0 Å². The van der Waals surface area contributed by atoms with E-state index in [4.69, 9.17) is 4.74 Å². The summed E-state index contributed by atoms with van der Waals surface area (Å²) in [5.74, 6) is -0.0225. The molecule has 5 nitrogen and oxygen atoms in total. The second-order valence-electron chi connectivity index (χ2n) is 9.29. The molecule has 5 rings (SSSR count). The van der Waals surface area contributed by atoms with Crippen LogP contribution in [-0.2, 0) is 4.74 Å². The first-order chi connectivity index (χ1) is 14.5. The molecule has 160 valence electrons. The Bertz CT molecular complexity index is 1040. The van der Waals surface area contributed by atoms with Crippen LogP contribution in [0.25, 0.3) is 10.9 Å². The van der Waals surface area contributed by atoms with Crippen molar-refractivity contribution in [3.8, 4) is 0 Å². The Morgan fingerprint density at radius 2 is 1.93 bits per heavy atom. The van der Waals surface area contributed by atoms with Crippen LogP contribution in [0.1, 0.15) is 73.3 Å². The van der Waals surface area contributed by atoms with Crippen LogP contribution in [-0.4, -0.2) is 41.7 Å². The molecule has 2 fully saturated rings. The van der Waals surface area contributed by atoms with E-state index in [2.05, 4.69) is 16.4 Å². The summed E-state index contributed by atoms with van der Waals surface area (Å²) in [7, 11) is 0. The molecule has 1 saturated heterocycles. The normalized spacial score (nSPS) is 24.2. The average molecular weight is 413 g/mol. The van der Waals surface area contributed by atoms with Crippen LogP contribution < -0.4 is 5.43 Å². The van der Waals surface area contributed by atoms with Crippen LogP contribution in [0.5, 0.6) is 0 Å². The van der Waals surface area contributed by atoms with Crippen LogP contribution in [0.2, 0.25) is 0 Å². The number of ether oxygens (including phenoxy) is 1. The number of fused-ring (bicyclic) bond motifs is 3. The Hall–Kier alpha value is -2.21. The molecule has 0 N–H and O–H groups in total. The lowest BCUT2D eigenvalue weighted by Gasteiger charge is -2.29. The van der Waals surface area contributed by atoms with Gasteiger partial charge in [0.15, 0.2) is 0 Å². The number of pyridine rings is 1. The Kier molecular flexibility index (Phi) is 5.13. The number of piperidine rings is 1. The van der Waals surface area contributed by atoms with Crippen LogP contribution in [0.3, 0.4) is 0 Å². The van der Waals surface area contributed by atoms with E-state index in [9.17, 15) is 14.0 Å². The maximum absolute atomic E-state index is 14.3. The number of carbonyl (C=O) groups excluding carboxylic acids is 1. The molecule has 3 aliphatic rings. The highest BCUT2D eigenvalue weighted by molar-refractivity contribution is 5.95. The zero-order valence-electron chi connectivity index (χ0n) is 17.5. The highest BCUT2D eigenvalue weighted by atomic mass is 19.1. The Morgan fingerprint density at radius 1 is 1.17 bits per heavy atom. The predicted molar refractivity (Wildman–Crippen MR) is 114 cm³/mol. The van der Waals surface area contributed by atoms with Gasteiger partial charge in [-0.1, -0.05) is 19.8 Å². The van der Waals surface area contributed by atoms with E-state index < -0.39 is 17.2 Å². The van der Waals surface area contributed by atoms with Crippen molar-refractivity contribution < 1.29 is 13.9 Å². The summed E-state index contributed by atoms with van der Waals surface area (Å²) >= 11 is 0. The molecule has 2 atom stereocenters. The molecular weight excluding hydrogens is 383 g/mol. The first-order valence-corrected chi connectivity index (χ1v) is 11.3. The van der Waals surface area contributed by atoms with Crippen LogP contribution >= 0.6 is 0 Å². The zero-order valence-corrected chi connectivity index (χ0v) is 17.5. The lowest BCUT2D eigenvalue weighted by atomic mass is 9.82. The maximum Gasteiger partial charge on any atom is 0.343 e. The van der Waals surface area contributed by atoms with Crippen molar-refractivity contribution in [2.75, 3.05) is 26.2 Å². The third kappa shape index (κ3) is 3.35. The van der Waals surface area contributed by atoms with E-state index >= 15 is 0 Å². The van der Waals surface area contributed by atoms with Crippen molar-refractivity contribution in [1.29, 1.82) is 0 Å². The molecule has 1 aromatic carbocycles. The van der Waals surface area contributed by atoms with Gasteiger partial charge in [0.2, 0.25) is 5.43 Å². The fraction of sp³-hybridized carbons (Fsp3) is 0.583. The number of hydrogen-bond acceptors (Lipinski definition) is 4. The summed E-state index contributed by atoms with van der Waals surface area (Å²) in [6.45, 7) is 5.26. The SMILES string of the molecule is CC1CCN(CCOC(=O)c2cn3c4c(cc(F)cc4c2=O)C2CCCCC23)CC1. The molecule has 30 heavy (non-hydrogen) atoms. The minimum atomic E-state index is -0.596. The van der Waals surface area contributed by atoms with E-state index in [-0.39, 0.29) is 24.1 Å². The van der Waals surface area contributed by atoms with Gasteiger partial charge >= 0.3 is 5.97 Å². The van der Waals surface area contributed by atoms with E-state index in [0.717, 1.165) is 55.8 Å². The number of likely N-dealkylation sites (tertiary alicyclic amines) is 1. The van der Waals surface area contributed by atoms with Gasteiger partial charge in [-0.25, -0.2) is 9.18 Å². The largest absolute Gasteiger partial charge is 0.461 e.